The van der Waals surface area contributed by atoms with Crippen LogP contribution in [0.3, 0.4) is 0 Å². The highest BCUT2D eigenvalue weighted by Crippen LogP contribution is 2.06. The molecule has 0 aliphatic carbocycles. The zero-order chi connectivity index (χ0) is 10.6. The predicted octanol–water partition coefficient (Wildman–Crippen LogP) is 1.69. The van der Waals surface area contributed by atoms with Gasteiger partial charge in [-0.15, -0.1) is 0 Å². The van der Waals surface area contributed by atoms with Gasteiger partial charge in [-0.3, -0.25) is 4.18 Å². The Morgan fingerprint density at radius 1 is 1.29 bits per heavy atom. The van der Waals surface area contributed by atoms with E-state index in [9.17, 15) is 12.8 Å². The molecule has 1 aromatic rings. The van der Waals surface area contributed by atoms with Crippen LogP contribution in [0.25, 0.3) is 0 Å². The standard InChI is InChI=1S/C9H11FO3S/c1-2-14(11,12)13-7-8-3-5-9(10)6-4-8/h3-6H,2,7H2,1H3. The van der Waals surface area contributed by atoms with Crippen molar-refractivity contribution in [3.63, 3.8) is 0 Å². The Hall–Kier alpha value is -0.940. The minimum atomic E-state index is -3.42. The Labute approximate surface area is 82.6 Å². The van der Waals surface area contributed by atoms with E-state index in [1.165, 1.54) is 31.2 Å². The number of halogens is 1. The average molecular weight is 218 g/mol. The molecule has 14 heavy (non-hydrogen) atoms. The van der Waals surface area contributed by atoms with Gasteiger partial charge in [0.05, 0.1) is 12.4 Å². The van der Waals surface area contributed by atoms with Crippen LogP contribution in [-0.4, -0.2) is 14.2 Å². The normalized spacial score (nSPS) is 11.6. The maximum atomic E-state index is 12.5. The van der Waals surface area contributed by atoms with E-state index >= 15 is 0 Å². The number of hydrogen-bond acceptors (Lipinski definition) is 3. The Morgan fingerprint density at radius 2 is 1.86 bits per heavy atom. The second kappa shape index (κ2) is 4.52. The molecule has 0 aliphatic heterocycles. The van der Waals surface area contributed by atoms with Crippen molar-refractivity contribution < 1.29 is 17.0 Å². The lowest BCUT2D eigenvalue weighted by molar-refractivity contribution is 0.308. The van der Waals surface area contributed by atoms with Crippen molar-refractivity contribution in [2.75, 3.05) is 5.75 Å². The fourth-order valence-electron chi connectivity index (χ4n) is 0.822. The smallest absolute Gasteiger partial charge is 0.265 e. The lowest BCUT2D eigenvalue weighted by Gasteiger charge is -2.02. The second-order valence-corrected chi connectivity index (χ2v) is 4.66. The number of rotatable bonds is 4. The van der Waals surface area contributed by atoms with Crippen molar-refractivity contribution in [3.8, 4) is 0 Å². The molecule has 78 valence electrons. The first-order chi connectivity index (χ1) is 6.53. The molecule has 0 aliphatic rings. The van der Waals surface area contributed by atoms with Crippen LogP contribution in [0, 0.1) is 5.82 Å². The molecular weight excluding hydrogens is 207 g/mol. The molecule has 0 unspecified atom stereocenters. The highest BCUT2D eigenvalue weighted by molar-refractivity contribution is 7.86. The van der Waals surface area contributed by atoms with Gasteiger partial charge in [0.15, 0.2) is 0 Å². The van der Waals surface area contributed by atoms with E-state index in [2.05, 4.69) is 4.18 Å². The summed E-state index contributed by atoms with van der Waals surface area (Å²) in [6.07, 6.45) is 0. The molecule has 0 bridgehead atoms. The Kier molecular flexibility index (Phi) is 3.60. The molecule has 0 radical (unpaired) electrons. The maximum Gasteiger partial charge on any atom is 0.267 e. The van der Waals surface area contributed by atoms with E-state index < -0.39 is 10.1 Å². The fourth-order valence-corrected chi connectivity index (χ4v) is 1.30. The summed E-state index contributed by atoms with van der Waals surface area (Å²) in [5.74, 6) is -0.416. The third-order valence-corrected chi connectivity index (χ3v) is 2.86. The molecule has 0 N–H and O–H groups in total. The van der Waals surface area contributed by atoms with Gasteiger partial charge in [0.25, 0.3) is 10.1 Å². The van der Waals surface area contributed by atoms with Gasteiger partial charge < -0.3 is 0 Å². The summed E-state index contributed by atoms with van der Waals surface area (Å²) in [7, 11) is -3.42. The molecule has 0 saturated heterocycles. The first-order valence-corrected chi connectivity index (χ1v) is 5.73. The van der Waals surface area contributed by atoms with Crippen molar-refractivity contribution in [1.29, 1.82) is 0 Å². The third-order valence-electron chi connectivity index (χ3n) is 1.67. The fraction of sp³-hybridized carbons (Fsp3) is 0.333. The molecule has 1 aromatic carbocycles. The van der Waals surface area contributed by atoms with Crippen LogP contribution < -0.4 is 0 Å². The Bertz CT molecular complexity index is 383. The predicted molar refractivity (Wildman–Crippen MR) is 50.6 cm³/mol. The van der Waals surface area contributed by atoms with E-state index in [4.69, 9.17) is 0 Å². The lowest BCUT2D eigenvalue weighted by atomic mass is 10.2. The molecule has 0 spiro atoms. The minimum Gasteiger partial charge on any atom is -0.265 e. The third kappa shape index (κ3) is 3.43. The van der Waals surface area contributed by atoms with Gasteiger partial charge in [-0.25, -0.2) is 4.39 Å². The van der Waals surface area contributed by atoms with Crippen molar-refractivity contribution in [2.24, 2.45) is 0 Å². The molecule has 0 atom stereocenters. The lowest BCUT2D eigenvalue weighted by Crippen LogP contribution is -2.07. The van der Waals surface area contributed by atoms with Gasteiger partial charge in [0.2, 0.25) is 0 Å². The molecule has 0 heterocycles. The zero-order valence-electron chi connectivity index (χ0n) is 7.73. The van der Waals surface area contributed by atoms with Crippen LogP contribution in [0.15, 0.2) is 24.3 Å². The summed E-state index contributed by atoms with van der Waals surface area (Å²) in [5.41, 5.74) is 0.628. The number of benzene rings is 1. The molecule has 5 heteroatoms. The summed E-state index contributed by atoms with van der Waals surface area (Å²) in [6.45, 7) is 1.45. The largest absolute Gasteiger partial charge is 0.267 e. The Balaban J connectivity index is 2.59. The quantitative estimate of drug-likeness (QED) is 0.722. The molecule has 0 amide bonds. The van der Waals surface area contributed by atoms with Crippen molar-refractivity contribution in [1.82, 2.24) is 0 Å². The number of hydrogen-bond donors (Lipinski definition) is 0. The first kappa shape index (κ1) is 11.1. The summed E-state index contributed by atoms with van der Waals surface area (Å²) in [6, 6.07) is 5.50. The monoisotopic (exact) mass is 218 g/mol. The maximum absolute atomic E-state index is 12.5. The van der Waals surface area contributed by atoms with Crippen LogP contribution in [0.5, 0.6) is 0 Å². The van der Waals surface area contributed by atoms with E-state index in [1.807, 2.05) is 0 Å². The average Bonchev–Trinajstić information content (AvgIpc) is 2.17. The van der Waals surface area contributed by atoms with Gasteiger partial charge in [-0.1, -0.05) is 12.1 Å². The summed E-state index contributed by atoms with van der Waals surface area (Å²) >= 11 is 0. The van der Waals surface area contributed by atoms with Gasteiger partial charge >= 0.3 is 0 Å². The molecular formula is C9H11FO3S. The Morgan fingerprint density at radius 3 is 2.36 bits per heavy atom. The van der Waals surface area contributed by atoms with Crippen LogP contribution >= 0.6 is 0 Å². The minimum absolute atomic E-state index is 0.0452. The summed E-state index contributed by atoms with van der Waals surface area (Å²) in [4.78, 5) is 0. The van der Waals surface area contributed by atoms with E-state index in [0.29, 0.717) is 5.56 Å². The molecule has 0 fully saturated rings. The van der Waals surface area contributed by atoms with Gasteiger partial charge in [0.1, 0.15) is 5.82 Å². The molecule has 0 saturated carbocycles. The van der Waals surface area contributed by atoms with Gasteiger partial charge in [0, 0.05) is 0 Å². The SMILES string of the molecule is CCS(=O)(=O)OCc1ccc(F)cc1. The first-order valence-electron chi connectivity index (χ1n) is 4.15. The van der Waals surface area contributed by atoms with Gasteiger partial charge in [-0.2, -0.15) is 8.42 Å². The van der Waals surface area contributed by atoms with E-state index in [1.54, 1.807) is 0 Å². The van der Waals surface area contributed by atoms with Crippen LogP contribution in [0.1, 0.15) is 12.5 Å². The summed E-state index contributed by atoms with van der Waals surface area (Å²) < 4.78 is 39.0. The summed E-state index contributed by atoms with van der Waals surface area (Å²) in [5, 5.41) is 0. The van der Waals surface area contributed by atoms with Crippen LogP contribution in [0.4, 0.5) is 4.39 Å². The van der Waals surface area contributed by atoms with E-state index in [-0.39, 0.29) is 18.2 Å². The van der Waals surface area contributed by atoms with Crippen LogP contribution in [-0.2, 0) is 20.9 Å². The second-order valence-electron chi connectivity index (χ2n) is 2.74. The van der Waals surface area contributed by atoms with E-state index in [0.717, 1.165) is 0 Å². The molecule has 3 nitrogen and oxygen atoms in total. The molecule has 0 aromatic heterocycles. The van der Waals surface area contributed by atoms with Crippen LogP contribution in [0.2, 0.25) is 0 Å². The van der Waals surface area contributed by atoms with Crippen molar-refractivity contribution >= 4 is 10.1 Å². The zero-order valence-corrected chi connectivity index (χ0v) is 8.55. The topological polar surface area (TPSA) is 43.4 Å². The highest BCUT2D eigenvalue weighted by Gasteiger charge is 2.07. The van der Waals surface area contributed by atoms with Gasteiger partial charge in [-0.05, 0) is 24.6 Å². The molecule has 1 rings (SSSR count). The van der Waals surface area contributed by atoms with Crippen molar-refractivity contribution in [2.45, 2.75) is 13.5 Å². The van der Waals surface area contributed by atoms with Crippen molar-refractivity contribution in [3.05, 3.63) is 35.6 Å². The highest BCUT2D eigenvalue weighted by atomic mass is 32.2.